The van der Waals surface area contributed by atoms with Gasteiger partial charge in [-0.1, -0.05) is 20.3 Å². The van der Waals surface area contributed by atoms with Crippen LogP contribution in [0, 0.1) is 29.1 Å². The Bertz CT molecular complexity index is 157. The molecule has 1 heteroatoms. The Kier molecular flexibility index (Phi) is 2.93. The first-order valence-electron chi connectivity index (χ1n) is 4.66. The first kappa shape index (κ1) is 8.59. The molecule has 62 valence electrons. The molecule has 0 aliphatic heterocycles. The van der Waals surface area contributed by atoms with Crippen LogP contribution in [0.25, 0.3) is 0 Å². The largest absolute Gasteiger partial charge is 0.198 e. The fraction of sp³-hybridized carbons (Fsp3) is 0.900. The summed E-state index contributed by atoms with van der Waals surface area (Å²) in [7, 11) is 0. The van der Waals surface area contributed by atoms with Crippen molar-refractivity contribution in [2.45, 2.75) is 39.5 Å². The minimum atomic E-state index is 0.762. The van der Waals surface area contributed by atoms with Crippen molar-refractivity contribution >= 4 is 0 Å². The molecule has 0 N–H and O–H groups in total. The molecular weight excluding hydrogens is 134 g/mol. The van der Waals surface area contributed by atoms with Crippen LogP contribution in [0.4, 0.5) is 0 Å². The van der Waals surface area contributed by atoms with E-state index < -0.39 is 0 Å². The average Bonchev–Trinajstić information content (AvgIpc) is 2.78. The predicted molar refractivity (Wildman–Crippen MR) is 45.9 cm³/mol. The second kappa shape index (κ2) is 3.76. The van der Waals surface area contributed by atoms with E-state index in [2.05, 4.69) is 19.9 Å². The van der Waals surface area contributed by atoms with Crippen molar-refractivity contribution in [3.8, 4) is 6.07 Å². The third kappa shape index (κ3) is 2.22. The smallest absolute Gasteiger partial charge is 0.0621 e. The summed E-state index contributed by atoms with van der Waals surface area (Å²) in [5.74, 6) is 2.73. The van der Waals surface area contributed by atoms with Crippen LogP contribution in [0.3, 0.4) is 0 Å². The maximum absolute atomic E-state index is 8.37. The van der Waals surface area contributed by atoms with E-state index in [-0.39, 0.29) is 0 Å². The van der Waals surface area contributed by atoms with Crippen LogP contribution in [0.15, 0.2) is 0 Å². The maximum atomic E-state index is 8.37. The molecule has 0 spiro atoms. The van der Waals surface area contributed by atoms with Crippen LogP contribution in [-0.2, 0) is 0 Å². The van der Waals surface area contributed by atoms with Crippen molar-refractivity contribution in [2.24, 2.45) is 17.8 Å². The van der Waals surface area contributed by atoms with Gasteiger partial charge in [-0.25, -0.2) is 0 Å². The number of nitriles is 1. The van der Waals surface area contributed by atoms with E-state index >= 15 is 0 Å². The Hall–Kier alpha value is -0.510. The highest BCUT2D eigenvalue weighted by Gasteiger charge is 2.39. The Labute approximate surface area is 69.4 Å². The lowest BCUT2D eigenvalue weighted by Gasteiger charge is -2.05. The van der Waals surface area contributed by atoms with Gasteiger partial charge in [0.1, 0.15) is 0 Å². The van der Waals surface area contributed by atoms with Crippen molar-refractivity contribution < 1.29 is 0 Å². The van der Waals surface area contributed by atoms with Gasteiger partial charge in [0.05, 0.1) is 6.07 Å². The van der Waals surface area contributed by atoms with Gasteiger partial charge in [0.25, 0.3) is 0 Å². The first-order chi connectivity index (χ1) is 5.29. The van der Waals surface area contributed by atoms with Gasteiger partial charge < -0.3 is 0 Å². The highest BCUT2D eigenvalue weighted by Crippen LogP contribution is 2.47. The molecule has 1 nitrogen and oxygen atoms in total. The van der Waals surface area contributed by atoms with E-state index in [9.17, 15) is 0 Å². The Morgan fingerprint density at radius 2 is 2.36 bits per heavy atom. The summed E-state index contributed by atoms with van der Waals surface area (Å²) in [6.07, 6.45) is 4.59. The van der Waals surface area contributed by atoms with Gasteiger partial charge in [0, 0.05) is 6.42 Å². The molecule has 0 radical (unpaired) electrons. The summed E-state index contributed by atoms with van der Waals surface area (Å²) < 4.78 is 0. The van der Waals surface area contributed by atoms with Crippen LogP contribution < -0.4 is 0 Å². The van der Waals surface area contributed by atoms with Gasteiger partial charge in [-0.05, 0) is 30.6 Å². The van der Waals surface area contributed by atoms with E-state index in [0.29, 0.717) is 0 Å². The van der Waals surface area contributed by atoms with Crippen LogP contribution >= 0.6 is 0 Å². The lowest BCUT2D eigenvalue weighted by Crippen LogP contribution is -1.96. The number of hydrogen-bond donors (Lipinski definition) is 0. The summed E-state index contributed by atoms with van der Waals surface area (Å²) in [4.78, 5) is 0. The summed E-state index contributed by atoms with van der Waals surface area (Å²) in [6, 6.07) is 2.22. The van der Waals surface area contributed by atoms with Crippen molar-refractivity contribution in [3.63, 3.8) is 0 Å². The minimum Gasteiger partial charge on any atom is -0.198 e. The van der Waals surface area contributed by atoms with Gasteiger partial charge in [-0.3, -0.25) is 0 Å². The lowest BCUT2D eigenvalue weighted by molar-refractivity contribution is 0.453. The quantitative estimate of drug-likeness (QED) is 0.606. The zero-order valence-electron chi connectivity index (χ0n) is 7.51. The molecule has 0 aromatic carbocycles. The second-order valence-corrected chi connectivity index (χ2v) is 3.74. The summed E-state index contributed by atoms with van der Waals surface area (Å²) >= 11 is 0. The fourth-order valence-electron chi connectivity index (χ4n) is 1.85. The summed E-state index contributed by atoms with van der Waals surface area (Å²) in [5.41, 5.74) is 0. The molecule has 1 aliphatic carbocycles. The van der Waals surface area contributed by atoms with Gasteiger partial charge >= 0.3 is 0 Å². The average molecular weight is 151 g/mol. The van der Waals surface area contributed by atoms with Crippen molar-refractivity contribution in [1.82, 2.24) is 0 Å². The number of rotatable bonds is 4. The number of nitrogens with zero attached hydrogens (tertiary/aromatic N) is 1. The van der Waals surface area contributed by atoms with Crippen LogP contribution in [-0.4, -0.2) is 0 Å². The molecule has 0 amide bonds. The summed E-state index contributed by atoms with van der Waals surface area (Å²) in [5, 5.41) is 8.37. The molecule has 0 saturated heterocycles. The highest BCUT2D eigenvalue weighted by molar-refractivity contribution is 4.90. The van der Waals surface area contributed by atoms with Gasteiger partial charge in [0.2, 0.25) is 0 Å². The van der Waals surface area contributed by atoms with E-state index in [4.69, 9.17) is 5.26 Å². The van der Waals surface area contributed by atoms with Crippen molar-refractivity contribution in [1.29, 1.82) is 5.26 Å². The van der Waals surface area contributed by atoms with E-state index in [1.165, 1.54) is 12.8 Å². The molecule has 3 unspecified atom stereocenters. The van der Waals surface area contributed by atoms with Crippen LogP contribution in [0.5, 0.6) is 0 Å². The Morgan fingerprint density at radius 3 is 2.91 bits per heavy atom. The monoisotopic (exact) mass is 151 g/mol. The highest BCUT2D eigenvalue weighted by atomic mass is 14.4. The Balaban J connectivity index is 2.12. The Morgan fingerprint density at radius 1 is 1.64 bits per heavy atom. The van der Waals surface area contributed by atoms with Crippen LogP contribution in [0.1, 0.15) is 39.5 Å². The number of hydrogen-bond acceptors (Lipinski definition) is 1. The molecule has 1 saturated carbocycles. The van der Waals surface area contributed by atoms with Gasteiger partial charge in [0.15, 0.2) is 0 Å². The molecule has 1 fully saturated rings. The standard InChI is InChI=1S/C10H17N/c1-3-8(2)10-7-9(10)5-4-6-11/h8-10H,3-5,7H2,1-2H3. The van der Waals surface area contributed by atoms with Gasteiger partial charge in [-0.2, -0.15) is 5.26 Å². The molecule has 3 atom stereocenters. The molecule has 0 heterocycles. The molecule has 0 aromatic heterocycles. The second-order valence-electron chi connectivity index (χ2n) is 3.74. The van der Waals surface area contributed by atoms with Crippen molar-refractivity contribution in [2.75, 3.05) is 0 Å². The zero-order valence-corrected chi connectivity index (χ0v) is 7.51. The topological polar surface area (TPSA) is 23.8 Å². The molecule has 0 aromatic rings. The summed E-state index contributed by atoms with van der Waals surface area (Å²) in [6.45, 7) is 4.58. The van der Waals surface area contributed by atoms with E-state index in [1.807, 2.05) is 0 Å². The molecule has 11 heavy (non-hydrogen) atoms. The zero-order chi connectivity index (χ0) is 8.27. The van der Waals surface area contributed by atoms with Crippen molar-refractivity contribution in [3.05, 3.63) is 0 Å². The van der Waals surface area contributed by atoms with Crippen LogP contribution in [0.2, 0.25) is 0 Å². The lowest BCUT2D eigenvalue weighted by atomic mass is 10.0. The SMILES string of the molecule is CCC(C)C1CC1CCC#N. The minimum absolute atomic E-state index is 0.762. The third-order valence-corrected chi connectivity index (χ3v) is 2.98. The predicted octanol–water partition coefficient (Wildman–Crippen LogP) is 2.97. The molecular formula is C10H17N. The maximum Gasteiger partial charge on any atom is 0.0621 e. The fourth-order valence-corrected chi connectivity index (χ4v) is 1.85. The molecule has 1 aliphatic rings. The normalized spacial score (nSPS) is 31.0. The molecule has 1 rings (SSSR count). The first-order valence-corrected chi connectivity index (χ1v) is 4.66. The van der Waals surface area contributed by atoms with E-state index in [1.54, 1.807) is 0 Å². The third-order valence-electron chi connectivity index (χ3n) is 2.98. The van der Waals surface area contributed by atoms with Gasteiger partial charge in [-0.15, -0.1) is 0 Å². The van der Waals surface area contributed by atoms with E-state index in [0.717, 1.165) is 30.6 Å². The molecule has 0 bridgehead atoms.